The maximum Gasteiger partial charge on any atom is 0.375 e. The van der Waals surface area contributed by atoms with Crippen LogP contribution in [0.25, 0.3) is 11.0 Å². The number of fused-ring (bicyclic) bond motifs is 1. The molecule has 0 radical (unpaired) electrons. The minimum atomic E-state index is -1.05. The summed E-state index contributed by atoms with van der Waals surface area (Å²) >= 11 is 0. The summed E-state index contributed by atoms with van der Waals surface area (Å²) in [6, 6.07) is 9.36. The molecule has 0 spiro atoms. The zero-order valence-corrected chi connectivity index (χ0v) is 15.0. The Balaban J connectivity index is 2.13. The fourth-order valence-electron chi connectivity index (χ4n) is 2.30. The van der Waals surface area contributed by atoms with Crippen LogP contribution in [0.2, 0.25) is 0 Å². The third-order valence-corrected chi connectivity index (χ3v) is 4.45. The number of hydrogen-bond donors (Lipinski definition) is 1. The summed E-state index contributed by atoms with van der Waals surface area (Å²) in [6.07, 6.45) is -1.05. The molecule has 1 aromatic heterocycles. The van der Waals surface area contributed by atoms with Gasteiger partial charge in [0.05, 0.1) is 6.07 Å². The number of amides is 1. The summed E-state index contributed by atoms with van der Waals surface area (Å²) < 4.78 is 10.8. The number of nitrogens with one attached hydrogen (secondary N) is 1. The Morgan fingerprint density at radius 1 is 1.28 bits per heavy atom. The van der Waals surface area contributed by atoms with Crippen LogP contribution in [0.1, 0.15) is 43.8 Å². The van der Waals surface area contributed by atoms with E-state index in [4.69, 9.17) is 9.15 Å². The van der Waals surface area contributed by atoms with Crippen molar-refractivity contribution in [1.82, 2.24) is 5.32 Å². The minimum absolute atomic E-state index is 0.0766. The number of rotatable bonds is 5. The van der Waals surface area contributed by atoms with E-state index in [1.54, 1.807) is 19.9 Å². The molecule has 2 aromatic rings. The van der Waals surface area contributed by atoms with Gasteiger partial charge in [-0.1, -0.05) is 32.0 Å². The number of hydrogen-bond acceptors (Lipinski definition) is 5. The molecule has 0 unspecified atom stereocenters. The summed E-state index contributed by atoms with van der Waals surface area (Å²) in [6.45, 7) is 8.52. The SMILES string of the molecule is Cc1c(C(=O)O[C@H](C)C(=O)N[C@@](C)(C#N)C(C)C)oc2ccccc12. The molecule has 0 bridgehead atoms. The second-order valence-corrected chi connectivity index (χ2v) is 6.56. The quantitative estimate of drug-likeness (QED) is 0.841. The number of nitriles is 1. The third kappa shape index (κ3) is 3.66. The van der Waals surface area contributed by atoms with Gasteiger partial charge in [-0.25, -0.2) is 4.79 Å². The second kappa shape index (κ2) is 6.98. The Morgan fingerprint density at radius 3 is 2.48 bits per heavy atom. The molecule has 1 heterocycles. The normalized spacial score (nSPS) is 14.6. The van der Waals surface area contributed by atoms with Crippen LogP contribution in [0, 0.1) is 24.2 Å². The molecule has 25 heavy (non-hydrogen) atoms. The van der Waals surface area contributed by atoms with Gasteiger partial charge in [-0.15, -0.1) is 0 Å². The maximum atomic E-state index is 12.4. The standard InChI is InChI=1S/C19H22N2O4/c1-11(2)19(5,10-20)21-17(22)13(4)24-18(23)16-12(3)14-8-6-7-9-15(14)25-16/h6-9,11,13H,1-5H3,(H,21,22)/t13-,19+/m1/s1. The lowest BCUT2D eigenvalue weighted by Gasteiger charge is -2.28. The molecular formula is C19H22N2O4. The number of furan rings is 1. The van der Waals surface area contributed by atoms with E-state index >= 15 is 0 Å². The van der Waals surface area contributed by atoms with Crippen LogP contribution in [-0.2, 0) is 9.53 Å². The molecular weight excluding hydrogens is 320 g/mol. The minimum Gasteiger partial charge on any atom is -0.449 e. The smallest absolute Gasteiger partial charge is 0.375 e. The van der Waals surface area contributed by atoms with Gasteiger partial charge in [-0.3, -0.25) is 4.79 Å². The van der Waals surface area contributed by atoms with Crippen molar-refractivity contribution in [2.45, 2.75) is 46.3 Å². The van der Waals surface area contributed by atoms with E-state index in [0.717, 1.165) is 5.39 Å². The van der Waals surface area contributed by atoms with E-state index in [0.29, 0.717) is 11.1 Å². The van der Waals surface area contributed by atoms with Crippen molar-refractivity contribution in [3.05, 3.63) is 35.6 Å². The Hall–Kier alpha value is -2.81. The number of carbonyl (C=O) groups excluding carboxylic acids is 2. The number of benzene rings is 1. The Bertz CT molecular complexity index is 847. The van der Waals surface area contributed by atoms with Crippen molar-refractivity contribution >= 4 is 22.8 Å². The molecule has 0 fully saturated rings. The molecule has 1 amide bonds. The third-order valence-electron chi connectivity index (χ3n) is 4.45. The van der Waals surface area contributed by atoms with Crippen LogP contribution in [0.15, 0.2) is 28.7 Å². The predicted octanol–water partition coefficient (Wildman–Crippen LogP) is 3.34. The first-order valence-corrected chi connectivity index (χ1v) is 8.12. The van der Waals surface area contributed by atoms with E-state index in [-0.39, 0.29) is 11.7 Å². The number of carbonyl (C=O) groups is 2. The van der Waals surface area contributed by atoms with Crippen LogP contribution in [-0.4, -0.2) is 23.5 Å². The largest absolute Gasteiger partial charge is 0.449 e. The van der Waals surface area contributed by atoms with E-state index in [1.807, 2.05) is 32.0 Å². The molecule has 0 saturated heterocycles. The molecule has 132 valence electrons. The topological polar surface area (TPSA) is 92.3 Å². The zero-order chi connectivity index (χ0) is 18.8. The molecule has 0 aliphatic rings. The van der Waals surface area contributed by atoms with E-state index < -0.39 is 23.5 Å². The monoisotopic (exact) mass is 342 g/mol. The first-order valence-electron chi connectivity index (χ1n) is 8.12. The van der Waals surface area contributed by atoms with Crippen molar-refractivity contribution in [2.24, 2.45) is 5.92 Å². The number of para-hydroxylation sites is 1. The molecule has 1 N–H and O–H groups in total. The molecule has 6 nitrogen and oxygen atoms in total. The summed E-state index contributed by atoms with van der Waals surface area (Å²) in [4.78, 5) is 24.6. The molecule has 2 atom stereocenters. The van der Waals surface area contributed by atoms with Gasteiger partial charge in [0, 0.05) is 10.9 Å². The molecule has 1 aromatic carbocycles. The fraction of sp³-hybridized carbons (Fsp3) is 0.421. The van der Waals surface area contributed by atoms with Crippen molar-refractivity contribution in [3.63, 3.8) is 0 Å². The van der Waals surface area contributed by atoms with Gasteiger partial charge in [0.2, 0.25) is 5.76 Å². The van der Waals surface area contributed by atoms with Crippen LogP contribution in [0.4, 0.5) is 0 Å². The summed E-state index contributed by atoms with van der Waals surface area (Å²) in [5.74, 6) is -1.26. The molecule has 0 aliphatic heterocycles. The lowest BCUT2D eigenvalue weighted by molar-refractivity contribution is -0.130. The van der Waals surface area contributed by atoms with Crippen molar-refractivity contribution in [1.29, 1.82) is 5.26 Å². The molecule has 2 rings (SSSR count). The molecule has 0 saturated carbocycles. The highest BCUT2D eigenvalue weighted by Gasteiger charge is 2.33. The van der Waals surface area contributed by atoms with Crippen molar-refractivity contribution in [2.75, 3.05) is 0 Å². The van der Waals surface area contributed by atoms with Gasteiger partial charge < -0.3 is 14.5 Å². The Labute approximate surface area is 146 Å². The Morgan fingerprint density at radius 2 is 1.92 bits per heavy atom. The Kier molecular flexibility index (Phi) is 5.17. The van der Waals surface area contributed by atoms with Crippen molar-refractivity contribution < 1.29 is 18.7 Å². The maximum absolute atomic E-state index is 12.4. The summed E-state index contributed by atoms with van der Waals surface area (Å²) in [7, 11) is 0. The lowest BCUT2D eigenvalue weighted by Crippen LogP contribution is -2.52. The van der Waals surface area contributed by atoms with Gasteiger partial charge in [-0.05, 0) is 32.8 Å². The van der Waals surface area contributed by atoms with Gasteiger partial charge in [0.15, 0.2) is 6.10 Å². The average molecular weight is 342 g/mol. The van der Waals surface area contributed by atoms with Crippen molar-refractivity contribution in [3.8, 4) is 6.07 Å². The first-order chi connectivity index (χ1) is 11.7. The molecule has 6 heteroatoms. The second-order valence-electron chi connectivity index (χ2n) is 6.56. The highest BCUT2D eigenvalue weighted by molar-refractivity contribution is 5.97. The van der Waals surface area contributed by atoms with Gasteiger partial charge in [-0.2, -0.15) is 5.26 Å². The fourth-order valence-corrected chi connectivity index (χ4v) is 2.30. The van der Waals surface area contributed by atoms with Gasteiger partial charge >= 0.3 is 5.97 Å². The highest BCUT2D eigenvalue weighted by Crippen LogP contribution is 2.25. The summed E-state index contributed by atoms with van der Waals surface area (Å²) in [5, 5.41) is 12.7. The van der Waals surface area contributed by atoms with E-state index in [1.165, 1.54) is 6.92 Å². The van der Waals surface area contributed by atoms with Crippen LogP contribution >= 0.6 is 0 Å². The number of ether oxygens (including phenoxy) is 1. The van der Waals surface area contributed by atoms with Crippen LogP contribution < -0.4 is 5.32 Å². The first kappa shape index (κ1) is 18.5. The van der Waals surface area contributed by atoms with Gasteiger partial charge in [0.25, 0.3) is 5.91 Å². The highest BCUT2D eigenvalue weighted by atomic mass is 16.6. The average Bonchev–Trinajstić information content (AvgIpc) is 2.91. The van der Waals surface area contributed by atoms with Crippen LogP contribution in [0.5, 0.6) is 0 Å². The number of esters is 1. The lowest BCUT2D eigenvalue weighted by atomic mass is 9.90. The van der Waals surface area contributed by atoms with E-state index in [2.05, 4.69) is 11.4 Å². The molecule has 0 aliphatic carbocycles. The number of nitrogens with zero attached hydrogens (tertiary/aromatic N) is 1. The van der Waals surface area contributed by atoms with E-state index in [9.17, 15) is 14.9 Å². The van der Waals surface area contributed by atoms with Gasteiger partial charge in [0.1, 0.15) is 11.1 Å². The predicted molar refractivity (Wildman–Crippen MR) is 92.8 cm³/mol. The van der Waals surface area contributed by atoms with Crippen LogP contribution in [0.3, 0.4) is 0 Å². The summed E-state index contributed by atoms with van der Waals surface area (Å²) in [5.41, 5.74) is 0.214. The zero-order valence-electron chi connectivity index (χ0n) is 15.0. The number of aryl methyl sites for hydroxylation is 1.